The molecular weight excluding hydrogens is 416 g/mol. The largest absolute Gasteiger partial charge is 0.383 e. The molecule has 0 fully saturated rings. The highest BCUT2D eigenvalue weighted by Crippen LogP contribution is 2.26. The maximum atomic E-state index is 10.1. The molecule has 174 valence electrons. The molecule has 6 heteroatoms. The Hall–Kier alpha value is -2.28. The predicted molar refractivity (Wildman–Crippen MR) is 141 cm³/mol. The summed E-state index contributed by atoms with van der Waals surface area (Å²) in [5.41, 5.74) is 12.7. The number of aryl methyl sites for hydroxylation is 2. The van der Waals surface area contributed by atoms with Gasteiger partial charge in [0.25, 0.3) is 0 Å². The molecule has 2 rings (SSSR count). The molecule has 0 spiro atoms. The van der Waals surface area contributed by atoms with Gasteiger partial charge in [0.05, 0.1) is 0 Å². The van der Waals surface area contributed by atoms with Crippen molar-refractivity contribution in [2.75, 3.05) is 31.8 Å². The van der Waals surface area contributed by atoms with Crippen molar-refractivity contribution in [2.24, 2.45) is 10.7 Å². The van der Waals surface area contributed by atoms with Gasteiger partial charge in [0.2, 0.25) is 5.11 Å². The Kier molecular flexibility index (Phi) is 8.96. The number of hydrogen-bond acceptors (Lipinski definition) is 3. The molecule has 0 aromatic heterocycles. The van der Waals surface area contributed by atoms with Crippen LogP contribution in [0.2, 0.25) is 0 Å². The van der Waals surface area contributed by atoms with Crippen molar-refractivity contribution < 1.29 is 5.11 Å². The number of aliphatic hydroxyl groups is 1. The van der Waals surface area contributed by atoms with Crippen molar-refractivity contribution in [3.05, 3.63) is 64.2 Å². The van der Waals surface area contributed by atoms with E-state index in [4.69, 9.17) is 18.0 Å². The van der Waals surface area contributed by atoms with Crippen LogP contribution >= 0.6 is 12.2 Å². The number of benzene rings is 2. The normalized spacial score (nSPS) is 12.3. The molecule has 0 aliphatic carbocycles. The average molecular weight is 455 g/mol. The van der Waals surface area contributed by atoms with Gasteiger partial charge in [0.15, 0.2) is 0 Å². The number of thiocarbonyl (C=S) groups is 1. The lowest BCUT2D eigenvalue weighted by Gasteiger charge is -2.24. The summed E-state index contributed by atoms with van der Waals surface area (Å²) in [6.07, 6.45) is 0.983. The molecule has 3 N–H and O–H groups in total. The summed E-state index contributed by atoms with van der Waals surface area (Å²) in [6, 6.07) is 12.3. The zero-order valence-electron chi connectivity index (χ0n) is 20.6. The third kappa shape index (κ3) is 6.61. The van der Waals surface area contributed by atoms with E-state index in [1.807, 2.05) is 19.1 Å². The molecule has 0 radical (unpaired) electrons. The van der Waals surface area contributed by atoms with Gasteiger partial charge < -0.3 is 15.7 Å². The topological polar surface area (TPSA) is 65.1 Å². The van der Waals surface area contributed by atoms with E-state index in [0.717, 1.165) is 36.3 Å². The van der Waals surface area contributed by atoms with Crippen LogP contribution in [0.5, 0.6) is 0 Å². The van der Waals surface area contributed by atoms with Crippen LogP contribution in [0.1, 0.15) is 55.5 Å². The lowest BCUT2D eigenvalue weighted by Crippen LogP contribution is -2.32. The minimum Gasteiger partial charge on any atom is -0.383 e. The van der Waals surface area contributed by atoms with Crippen LogP contribution in [0.3, 0.4) is 0 Å². The fraction of sp³-hybridized carbons (Fsp3) is 0.462. The number of anilines is 1. The van der Waals surface area contributed by atoms with Gasteiger partial charge in [0, 0.05) is 17.8 Å². The van der Waals surface area contributed by atoms with Crippen LogP contribution in [0.4, 0.5) is 5.69 Å². The highest BCUT2D eigenvalue weighted by molar-refractivity contribution is 7.80. The van der Waals surface area contributed by atoms with Crippen LogP contribution in [0.15, 0.2) is 41.4 Å². The molecule has 2 aromatic rings. The third-order valence-electron chi connectivity index (χ3n) is 5.88. The van der Waals surface area contributed by atoms with Crippen LogP contribution in [-0.4, -0.2) is 47.8 Å². The zero-order chi connectivity index (χ0) is 24.1. The molecule has 0 bridgehead atoms. The Morgan fingerprint density at radius 1 is 1.09 bits per heavy atom. The first-order chi connectivity index (χ1) is 15.0. The van der Waals surface area contributed by atoms with Crippen molar-refractivity contribution in [2.45, 2.75) is 53.4 Å². The molecule has 32 heavy (non-hydrogen) atoms. The van der Waals surface area contributed by atoms with Crippen LogP contribution in [0.25, 0.3) is 0 Å². The summed E-state index contributed by atoms with van der Waals surface area (Å²) in [5, 5.41) is 10.3. The third-order valence-corrected chi connectivity index (χ3v) is 6.19. The summed E-state index contributed by atoms with van der Waals surface area (Å²) in [7, 11) is 2.13. The highest BCUT2D eigenvalue weighted by atomic mass is 32.1. The Morgan fingerprint density at radius 3 is 2.25 bits per heavy atom. The summed E-state index contributed by atoms with van der Waals surface area (Å²) >= 11 is 5.55. The first kappa shape index (κ1) is 26.0. The lowest BCUT2D eigenvalue weighted by molar-refractivity contribution is 0.308. The second kappa shape index (κ2) is 11.0. The molecule has 0 atom stereocenters. The minimum absolute atomic E-state index is 0.0704. The van der Waals surface area contributed by atoms with Gasteiger partial charge in [-0.05, 0) is 79.8 Å². The smallest absolute Gasteiger partial charge is 0.203 e. The summed E-state index contributed by atoms with van der Waals surface area (Å²) in [5.74, 6) is 0.336. The van der Waals surface area contributed by atoms with E-state index in [9.17, 15) is 5.11 Å². The lowest BCUT2D eigenvalue weighted by atomic mass is 9.87. The number of amidine groups is 1. The second-order valence-corrected chi connectivity index (χ2v) is 9.75. The van der Waals surface area contributed by atoms with Crippen molar-refractivity contribution in [1.82, 2.24) is 4.90 Å². The first-order valence-electron chi connectivity index (χ1n) is 11.1. The molecule has 0 heterocycles. The molecular formula is C26H38N4OS. The van der Waals surface area contributed by atoms with Crippen molar-refractivity contribution >= 4 is 28.9 Å². The molecule has 0 aliphatic rings. The summed E-state index contributed by atoms with van der Waals surface area (Å²) < 4.78 is 0. The van der Waals surface area contributed by atoms with E-state index in [0.29, 0.717) is 5.84 Å². The number of likely N-dealkylation sites (N-methyl/N-ethyl adjacent to an activating group) is 1. The fourth-order valence-electron chi connectivity index (χ4n) is 3.50. The monoisotopic (exact) mass is 454 g/mol. The van der Waals surface area contributed by atoms with Gasteiger partial charge in [-0.2, -0.15) is 0 Å². The maximum absolute atomic E-state index is 10.1. The van der Waals surface area contributed by atoms with Crippen LogP contribution < -0.4 is 10.6 Å². The van der Waals surface area contributed by atoms with Crippen LogP contribution in [-0.2, 0) is 11.8 Å². The zero-order valence-corrected chi connectivity index (χ0v) is 21.4. The van der Waals surface area contributed by atoms with Gasteiger partial charge in [-0.25, -0.2) is 4.99 Å². The number of hydrogen-bond donors (Lipinski definition) is 2. The van der Waals surface area contributed by atoms with E-state index in [2.05, 4.69) is 75.8 Å². The second-order valence-electron chi connectivity index (χ2n) is 9.39. The van der Waals surface area contributed by atoms with E-state index < -0.39 is 0 Å². The standard InChI is InChI=1S/C26H38N4OS/c1-8-29(7)14-13-21-15-19(3)23(16-18(21)2)30(17-31)25(32)28-24(27)20-9-11-22(12-10-20)26(4,5)6/h9-12,15-16,31H,8,13-14,17H2,1-7H3,(H2,27,28,32). The van der Waals surface area contributed by atoms with E-state index in [1.165, 1.54) is 16.7 Å². The molecule has 2 aromatic carbocycles. The van der Waals surface area contributed by atoms with Gasteiger partial charge in [-0.3, -0.25) is 4.90 Å². The van der Waals surface area contributed by atoms with E-state index >= 15 is 0 Å². The molecule has 0 unspecified atom stereocenters. The van der Waals surface area contributed by atoms with Gasteiger partial charge in [0.1, 0.15) is 12.6 Å². The number of aliphatic hydroxyl groups excluding tert-OH is 1. The maximum Gasteiger partial charge on any atom is 0.203 e. The fourth-order valence-corrected chi connectivity index (χ4v) is 3.75. The quantitative estimate of drug-likeness (QED) is 0.278. The van der Waals surface area contributed by atoms with E-state index in [1.54, 1.807) is 4.90 Å². The number of rotatable bonds is 7. The van der Waals surface area contributed by atoms with Crippen molar-refractivity contribution in [3.63, 3.8) is 0 Å². The average Bonchev–Trinajstić information content (AvgIpc) is 2.74. The Bertz CT molecular complexity index is 961. The van der Waals surface area contributed by atoms with Gasteiger partial charge in [-0.1, -0.05) is 58.0 Å². The Balaban J connectivity index is 2.25. The first-order valence-corrected chi connectivity index (χ1v) is 11.5. The van der Waals surface area contributed by atoms with Crippen molar-refractivity contribution in [1.29, 1.82) is 0 Å². The minimum atomic E-state index is -0.267. The Labute approximate surface area is 199 Å². The van der Waals surface area contributed by atoms with Gasteiger partial charge in [-0.15, -0.1) is 0 Å². The predicted octanol–water partition coefficient (Wildman–Crippen LogP) is 4.54. The summed E-state index contributed by atoms with van der Waals surface area (Å²) in [4.78, 5) is 8.35. The summed E-state index contributed by atoms with van der Waals surface area (Å²) in [6.45, 7) is 14.6. The van der Waals surface area contributed by atoms with Crippen molar-refractivity contribution in [3.8, 4) is 0 Å². The van der Waals surface area contributed by atoms with Gasteiger partial charge >= 0.3 is 0 Å². The highest BCUT2D eigenvalue weighted by Gasteiger charge is 2.17. The molecule has 0 saturated heterocycles. The number of aliphatic imine (C=N–C) groups is 1. The number of nitrogens with zero attached hydrogens (tertiary/aromatic N) is 3. The molecule has 0 aliphatic heterocycles. The van der Waals surface area contributed by atoms with E-state index in [-0.39, 0.29) is 17.3 Å². The van der Waals surface area contributed by atoms with Crippen LogP contribution in [0, 0.1) is 13.8 Å². The molecule has 5 nitrogen and oxygen atoms in total. The molecule has 0 saturated carbocycles. The number of nitrogens with two attached hydrogens (primary N) is 1. The SMILES string of the molecule is CCN(C)CCc1cc(C)c(N(CO)C(=S)/N=C(\N)c2ccc(C(C)(C)C)cc2)cc1C. The Morgan fingerprint density at radius 2 is 1.72 bits per heavy atom. The molecule has 0 amide bonds.